The van der Waals surface area contributed by atoms with Crippen molar-refractivity contribution in [3.8, 4) is 6.07 Å². The molecular formula is C12H16N4O. The Morgan fingerprint density at radius 2 is 2.29 bits per heavy atom. The molecule has 1 aromatic heterocycles. The number of likely N-dealkylation sites (N-methyl/N-ethyl adjacent to an activating group) is 2. The molecule has 0 aromatic carbocycles. The van der Waals surface area contributed by atoms with Gasteiger partial charge in [0, 0.05) is 19.3 Å². The number of hydrogen-bond acceptors (Lipinski definition) is 4. The van der Waals surface area contributed by atoms with Gasteiger partial charge in [-0.2, -0.15) is 5.26 Å². The highest BCUT2D eigenvalue weighted by Gasteiger charge is 2.09. The van der Waals surface area contributed by atoms with Crippen LogP contribution < -0.4 is 10.2 Å². The van der Waals surface area contributed by atoms with E-state index in [4.69, 9.17) is 5.26 Å². The molecule has 0 radical (unpaired) electrons. The van der Waals surface area contributed by atoms with Gasteiger partial charge >= 0.3 is 0 Å². The van der Waals surface area contributed by atoms with Gasteiger partial charge in [-0.1, -0.05) is 0 Å². The van der Waals surface area contributed by atoms with Crippen LogP contribution in [0.2, 0.25) is 0 Å². The SMILES string of the molecule is CCNC(=O)CN(C)c1cc(C#N)cc(C)n1. The molecule has 0 atom stereocenters. The van der Waals surface area contributed by atoms with Crippen molar-refractivity contribution in [2.45, 2.75) is 13.8 Å². The van der Waals surface area contributed by atoms with E-state index in [0.29, 0.717) is 17.9 Å². The van der Waals surface area contributed by atoms with Crippen molar-refractivity contribution in [2.24, 2.45) is 0 Å². The molecule has 0 unspecified atom stereocenters. The van der Waals surface area contributed by atoms with E-state index in [0.717, 1.165) is 5.69 Å². The van der Waals surface area contributed by atoms with Gasteiger partial charge in [0.2, 0.25) is 5.91 Å². The number of pyridine rings is 1. The molecule has 0 saturated carbocycles. The van der Waals surface area contributed by atoms with Crippen LogP contribution in [0.1, 0.15) is 18.2 Å². The van der Waals surface area contributed by atoms with E-state index in [9.17, 15) is 4.79 Å². The number of nitrogens with zero attached hydrogens (tertiary/aromatic N) is 3. The summed E-state index contributed by atoms with van der Waals surface area (Å²) in [5.74, 6) is 0.574. The molecule has 0 aliphatic heterocycles. The Morgan fingerprint density at radius 3 is 2.88 bits per heavy atom. The Morgan fingerprint density at radius 1 is 1.59 bits per heavy atom. The molecule has 0 spiro atoms. The lowest BCUT2D eigenvalue weighted by atomic mass is 10.2. The van der Waals surface area contributed by atoms with Gasteiger partial charge in [0.05, 0.1) is 18.2 Å². The van der Waals surface area contributed by atoms with Crippen LogP contribution in [0, 0.1) is 18.3 Å². The number of amides is 1. The van der Waals surface area contributed by atoms with Crippen LogP contribution in [0.15, 0.2) is 12.1 Å². The minimum absolute atomic E-state index is 0.0585. The molecule has 0 aliphatic carbocycles. The molecule has 0 aliphatic rings. The highest BCUT2D eigenvalue weighted by atomic mass is 16.2. The predicted molar refractivity (Wildman–Crippen MR) is 65.6 cm³/mol. The van der Waals surface area contributed by atoms with Gasteiger partial charge in [-0.3, -0.25) is 4.79 Å². The molecule has 1 heterocycles. The number of aromatic nitrogens is 1. The van der Waals surface area contributed by atoms with Crippen molar-refractivity contribution in [1.82, 2.24) is 10.3 Å². The fourth-order valence-corrected chi connectivity index (χ4v) is 1.46. The Balaban J connectivity index is 2.82. The maximum absolute atomic E-state index is 11.4. The first-order valence-electron chi connectivity index (χ1n) is 5.43. The lowest BCUT2D eigenvalue weighted by Crippen LogP contribution is -2.35. The third-order valence-corrected chi connectivity index (χ3v) is 2.21. The fraction of sp³-hybridized carbons (Fsp3) is 0.417. The summed E-state index contributed by atoms with van der Waals surface area (Å²) in [6.45, 7) is 4.54. The number of carbonyl (C=O) groups excluding carboxylic acids is 1. The molecule has 0 saturated heterocycles. The Bertz CT molecular complexity index is 450. The minimum Gasteiger partial charge on any atom is -0.355 e. The lowest BCUT2D eigenvalue weighted by molar-refractivity contribution is -0.119. The number of carbonyl (C=O) groups is 1. The largest absolute Gasteiger partial charge is 0.355 e. The Kier molecular flexibility index (Phi) is 4.46. The van der Waals surface area contributed by atoms with Gasteiger partial charge in [0.25, 0.3) is 0 Å². The van der Waals surface area contributed by atoms with E-state index < -0.39 is 0 Å². The zero-order valence-corrected chi connectivity index (χ0v) is 10.3. The van der Waals surface area contributed by atoms with Crippen LogP contribution >= 0.6 is 0 Å². The van der Waals surface area contributed by atoms with Gasteiger partial charge in [0.15, 0.2) is 0 Å². The first-order chi connectivity index (χ1) is 8.06. The average Bonchev–Trinajstić information content (AvgIpc) is 2.28. The zero-order chi connectivity index (χ0) is 12.8. The molecule has 1 amide bonds. The topological polar surface area (TPSA) is 69.0 Å². The maximum atomic E-state index is 11.4. The molecule has 0 fully saturated rings. The third-order valence-electron chi connectivity index (χ3n) is 2.21. The van der Waals surface area contributed by atoms with Gasteiger partial charge in [0.1, 0.15) is 5.82 Å². The molecule has 5 nitrogen and oxygen atoms in total. The van der Waals surface area contributed by atoms with E-state index in [-0.39, 0.29) is 12.5 Å². The molecule has 1 N–H and O–H groups in total. The number of rotatable bonds is 4. The summed E-state index contributed by atoms with van der Waals surface area (Å²) < 4.78 is 0. The zero-order valence-electron chi connectivity index (χ0n) is 10.3. The second-order valence-electron chi connectivity index (χ2n) is 3.78. The van der Waals surface area contributed by atoms with E-state index >= 15 is 0 Å². The van der Waals surface area contributed by atoms with E-state index in [1.807, 2.05) is 13.8 Å². The van der Waals surface area contributed by atoms with E-state index in [1.54, 1.807) is 24.1 Å². The van der Waals surface area contributed by atoms with E-state index in [2.05, 4.69) is 16.4 Å². The molecule has 17 heavy (non-hydrogen) atoms. The van der Waals surface area contributed by atoms with Crippen molar-refractivity contribution in [3.63, 3.8) is 0 Å². The number of aryl methyl sites for hydroxylation is 1. The number of nitrogens with one attached hydrogen (secondary N) is 1. The monoisotopic (exact) mass is 232 g/mol. The first kappa shape index (κ1) is 13.0. The fourth-order valence-electron chi connectivity index (χ4n) is 1.46. The van der Waals surface area contributed by atoms with Gasteiger partial charge < -0.3 is 10.2 Å². The van der Waals surface area contributed by atoms with Gasteiger partial charge in [-0.05, 0) is 26.0 Å². The number of nitriles is 1. The highest BCUT2D eigenvalue weighted by Crippen LogP contribution is 2.12. The van der Waals surface area contributed by atoms with Crippen molar-refractivity contribution in [1.29, 1.82) is 5.26 Å². The van der Waals surface area contributed by atoms with Crippen molar-refractivity contribution >= 4 is 11.7 Å². The van der Waals surface area contributed by atoms with Gasteiger partial charge in [-0.15, -0.1) is 0 Å². The third kappa shape index (κ3) is 3.76. The first-order valence-corrected chi connectivity index (χ1v) is 5.43. The quantitative estimate of drug-likeness (QED) is 0.835. The summed E-state index contributed by atoms with van der Waals surface area (Å²) >= 11 is 0. The van der Waals surface area contributed by atoms with Gasteiger partial charge in [-0.25, -0.2) is 4.98 Å². The van der Waals surface area contributed by atoms with Crippen molar-refractivity contribution < 1.29 is 4.79 Å². The Labute approximate surface area is 101 Å². The maximum Gasteiger partial charge on any atom is 0.239 e. The average molecular weight is 232 g/mol. The molecule has 0 bridgehead atoms. The lowest BCUT2D eigenvalue weighted by Gasteiger charge is -2.18. The summed E-state index contributed by atoms with van der Waals surface area (Å²) in [6, 6.07) is 5.46. The smallest absolute Gasteiger partial charge is 0.239 e. The van der Waals surface area contributed by atoms with Crippen LogP contribution in [-0.4, -0.2) is 31.0 Å². The molecular weight excluding hydrogens is 216 g/mol. The summed E-state index contributed by atoms with van der Waals surface area (Å²) in [5, 5.41) is 11.6. The van der Waals surface area contributed by atoms with Crippen LogP contribution in [0.5, 0.6) is 0 Å². The van der Waals surface area contributed by atoms with Crippen LogP contribution in [0.4, 0.5) is 5.82 Å². The van der Waals surface area contributed by atoms with Crippen LogP contribution in [0.3, 0.4) is 0 Å². The standard InChI is InChI=1S/C12H16N4O/c1-4-14-12(17)8-16(3)11-6-10(7-13)5-9(2)15-11/h5-6H,4,8H2,1-3H3,(H,14,17). The summed E-state index contributed by atoms with van der Waals surface area (Å²) in [6.07, 6.45) is 0. The van der Waals surface area contributed by atoms with Crippen molar-refractivity contribution in [3.05, 3.63) is 23.4 Å². The molecule has 1 rings (SSSR count). The predicted octanol–water partition coefficient (Wildman–Crippen LogP) is 0.834. The van der Waals surface area contributed by atoms with Crippen LogP contribution in [0.25, 0.3) is 0 Å². The Hall–Kier alpha value is -2.09. The normalized spacial score (nSPS) is 9.53. The molecule has 90 valence electrons. The minimum atomic E-state index is -0.0585. The second kappa shape index (κ2) is 5.85. The second-order valence-corrected chi connectivity index (χ2v) is 3.78. The summed E-state index contributed by atoms with van der Waals surface area (Å²) in [5.41, 5.74) is 1.32. The van der Waals surface area contributed by atoms with E-state index in [1.165, 1.54) is 0 Å². The highest BCUT2D eigenvalue weighted by molar-refractivity contribution is 5.80. The molecule has 1 aromatic rings. The molecule has 5 heteroatoms. The van der Waals surface area contributed by atoms with Crippen LogP contribution in [-0.2, 0) is 4.79 Å². The summed E-state index contributed by atoms with van der Waals surface area (Å²) in [7, 11) is 1.78. The van der Waals surface area contributed by atoms with Crippen molar-refractivity contribution in [2.75, 3.05) is 25.0 Å². The summed E-state index contributed by atoms with van der Waals surface area (Å²) in [4.78, 5) is 17.4. The number of anilines is 1. The number of hydrogen-bond donors (Lipinski definition) is 1.